The van der Waals surface area contributed by atoms with Crippen LogP contribution < -0.4 is 5.32 Å². The van der Waals surface area contributed by atoms with Crippen molar-refractivity contribution >= 4 is 5.97 Å². The van der Waals surface area contributed by atoms with Gasteiger partial charge in [-0.15, -0.1) is 0 Å². The van der Waals surface area contributed by atoms with Crippen LogP contribution in [-0.2, 0) is 32.0 Å². The van der Waals surface area contributed by atoms with Crippen LogP contribution in [0.4, 0.5) is 13.2 Å². The number of aromatic nitrogens is 3. The number of nitrogens with one attached hydrogen (secondary N) is 1. The molecule has 196 valence electrons. The van der Waals surface area contributed by atoms with Gasteiger partial charge in [0.1, 0.15) is 5.69 Å². The SMILES string of the molecule is O=C(O)c1c2c(nn1CCCNCCc1ccc(-c3ccccc3C(F)(F)F)cc1)-c1ccncc1CC2. The molecule has 9 heteroatoms. The second-order valence-corrected chi connectivity index (χ2v) is 9.33. The molecule has 0 amide bonds. The molecule has 0 saturated carbocycles. The third-order valence-corrected chi connectivity index (χ3v) is 6.87. The van der Waals surface area contributed by atoms with E-state index in [0.29, 0.717) is 38.0 Å². The third-order valence-electron chi connectivity index (χ3n) is 6.87. The Hall–Kier alpha value is -3.98. The zero-order valence-electron chi connectivity index (χ0n) is 20.6. The fraction of sp³-hybridized carbons (Fsp3) is 0.276. The highest BCUT2D eigenvalue weighted by Gasteiger charge is 2.33. The maximum absolute atomic E-state index is 13.3. The maximum atomic E-state index is 13.3. The highest BCUT2D eigenvalue weighted by molar-refractivity contribution is 5.90. The van der Waals surface area contributed by atoms with Crippen molar-refractivity contribution in [2.45, 2.75) is 38.4 Å². The van der Waals surface area contributed by atoms with Gasteiger partial charge in [-0.1, -0.05) is 42.5 Å². The summed E-state index contributed by atoms with van der Waals surface area (Å²) in [6.07, 6.45) is 1.93. The molecule has 0 atom stereocenters. The van der Waals surface area contributed by atoms with Crippen molar-refractivity contribution in [3.8, 4) is 22.4 Å². The van der Waals surface area contributed by atoms with Crippen molar-refractivity contribution in [1.82, 2.24) is 20.1 Å². The number of alkyl halides is 3. The molecule has 0 radical (unpaired) electrons. The number of aromatic carboxylic acids is 1. The topological polar surface area (TPSA) is 80.0 Å². The summed E-state index contributed by atoms with van der Waals surface area (Å²) < 4.78 is 41.6. The Labute approximate surface area is 218 Å². The summed E-state index contributed by atoms with van der Waals surface area (Å²) in [6.45, 7) is 1.86. The normalized spacial score (nSPS) is 12.7. The van der Waals surface area contributed by atoms with Crippen molar-refractivity contribution in [2.75, 3.05) is 13.1 Å². The van der Waals surface area contributed by atoms with E-state index in [2.05, 4.69) is 15.4 Å². The quantitative estimate of drug-likeness (QED) is 0.279. The second kappa shape index (κ2) is 10.8. The standard InChI is InChI=1S/C29H27F3N4O2/c30-29(31,32)25-5-2-1-4-22(25)20-8-6-19(7-9-20)12-15-33-14-3-17-36-27(28(37)38)24-11-10-21-18-34-16-13-23(21)26(24)35-36/h1-2,4-9,13,16,18,33H,3,10-12,14-15,17H2,(H,37,38). The zero-order valence-corrected chi connectivity index (χ0v) is 20.6. The summed E-state index contributed by atoms with van der Waals surface area (Å²) in [5.41, 5.74) is 4.90. The Bertz CT molecular complexity index is 1450. The van der Waals surface area contributed by atoms with Gasteiger partial charge in [0.15, 0.2) is 0 Å². The van der Waals surface area contributed by atoms with Crippen LogP contribution in [0.1, 0.15) is 39.2 Å². The van der Waals surface area contributed by atoms with E-state index in [1.54, 1.807) is 29.1 Å². The first-order valence-electron chi connectivity index (χ1n) is 12.6. The maximum Gasteiger partial charge on any atom is 0.417 e. The number of benzene rings is 2. The van der Waals surface area contributed by atoms with Crippen LogP contribution in [0.3, 0.4) is 0 Å². The molecule has 0 aliphatic heterocycles. The van der Waals surface area contributed by atoms with Gasteiger partial charge in [0.05, 0.1) is 11.3 Å². The van der Waals surface area contributed by atoms with Gasteiger partial charge in [0, 0.05) is 30.1 Å². The van der Waals surface area contributed by atoms with Crippen LogP contribution in [0.2, 0.25) is 0 Å². The van der Waals surface area contributed by atoms with E-state index in [1.807, 2.05) is 24.4 Å². The molecule has 5 rings (SSSR count). The van der Waals surface area contributed by atoms with E-state index in [1.165, 1.54) is 12.1 Å². The number of nitrogens with zero attached hydrogens (tertiary/aromatic N) is 3. The predicted octanol–water partition coefficient (Wildman–Crippen LogP) is 5.65. The molecule has 1 aliphatic rings. The molecule has 2 N–H and O–H groups in total. The monoisotopic (exact) mass is 520 g/mol. The predicted molar refractivity (Wildman–Crippen MR) is 138 cm³/mol. The first-order chi connectivity index (χ1) is 18.3. The fourth-order valence-electron chi connectivity index (χ4n) is 5.02. The lowest BCUT2D eigenvalue weighted by Gasteiger charge is -2.14. The van der Waals surface area contributed by atoms with Gasteiger partial charge >= 0.3 is 12.1 Å². The first-order valence-corrected chi connectivity index (χ1v) is 12.6. The van der Waals surface area contributed by atoms with Gasteiger partial charge < -0.3 is 10.4 Å². The van der Waals surface area contributed by atoms with E-state index >= 15 is 0 Å². The molecule has 0 bridgehead atoms. The first kappa shape index (κ1) is 25.7. The average molecular weight is 521 g/mol. The lowest BCUT2D eigenvalue weighted by atomic mass is 9.90. The molecular formula is C29H27F3N4O2. The number of fused-ring (bicyclic) bond motifs is 3. The lowest BCUT2D eigenvalue weighted by molar-refractivity contribution is -0.137. The zero-order chi connectivity index (χ0) is 26.7. The summed E-state index contributed by atoms with van der Waals surface area (Å²) in [7, 11) is 0. The van der Waals surface area contributed by atoms with E-state index < -0.39 is 17.7 Å². The molecule has 0 spiro atoms. The summed E-state index contributed by atoms with van der Waals surface area (Å²) in [4.78, 5) is 16.2. The van der Waals surface area contributed by atoms with E-state index in [9.17, 15) is 23.1 Å². The van der Waals surface area contributed by atoms with E-state index in [0.717, 1.165) is 46.9 Å². The van der Waals surface area contributed by atoms with Crippen molar-refractivity contribution in [1.29, 1.82) is 0 Å². The van der Waals surface area contributed by atoms with Gasteiger partial charge in [-0.3, -0.25) is 9.67 Å². The summed E-state index contributed by atoms with van der Waals surface area (Å²) >= 11 is 0. The van der Waals surface area contributed by atoms with Crippen LogP contribution in [0.25, 0.3) is 22.4 Å². The molecule has 0 saturated heterocycles. The number of carboxylic acids is 1. The fourth-order valence-corrected chi connectivity index (χ4v) is 5.02. The molecule has 4 aromatic rings. The Morgan fingerprint density at radius 2 is 1.79 bits per heavy atom. The molecule has 1 aliphatic carbocycles. The van der Waals surface area contributed by atoms with Crippen molar-refractivity contribution < 1.29 is 23.1 Å². The minimum atomic E-state index is -4.40. The van der Waals surface area contributed by atoms with Gasteiger partial charge in [-0.05, 0) is 73.2 Å². The largest absolute Gasteiger partial charge is 0.477 e. The minimum Gasteiger partial charge on any atom is -0.477 e. The van der Waals surface area contributed by atoms with E-state index in [4.69, 9.17) is 0 Å². The Kier molecular flexibility index (Phi) is 7.28. The summed E-state index contributed by atoms with van der Waals surface area (Å²) in [5.74, 6) is -0.967. The molecule has 38 heavy (non-hydrogen) atoms. The lowest BCUT2D eigenvalue weighted by Crippen LogP contribution is -2.21. The van der Waals surface area contributed by atoms with Crippen molar-refractivity contribution in [3.63, 3.8) is 0 Å². The number of halogens is 3. The number of aryl methyl sites for hydroxylation is 2. The number of pyridine rings is 1. The van der Waals surface area contributed by atoms with Gasteiger partial charge in [0.25, 0.3) is 0 Å². The number of hydrogen-bond donors (Lipinski definition) is 2. The number of carbonyl (C=O) groups is 1. The average Bonchev–Trinajstić information content (AvgIpc) is 3.30. The van der Waals surface area contributed by atoms with Crippen LogP contribution in [0.15, 0.2) is 67.0 Å². The van der Waals surface area contributed by atoms with Crippen LogP contribution in [0, 0.1) is 0 Å². The van der Waals surface area contributed by atoms with Gasteiger partial charge in [0.2, 0.25) is 0 Å². The number of carboxylic acid groups (broad SMARTS) is 1. The van der Waals surface area contributed by atoms with E-state index in [-0.39, 0.29) is 11.3 Å². The summed E-state index contributed by atoms with van der Waals surface area (Å²) in [5, 5.41) is 17.8. The molecule has 2 aromatic carbocycles. The molecule has 0 fully saturated rings. The third kappa shape index (κ3) is 5.33. The second-order valence-electron chi connectivity index (χ2n) is 9.33. The van der Waals surface area contributed by atoms with Gasteiger partial charge in [-0.2, -0.15) is 18.3 Å². The van der Waals surface area contributed by atoms with Crippen LogP contribution in [0.5, 0.6) is 0 Å². The number of hydrogen-bond acceptors (Lipinski definition) is 4. The Morgan fingerprint density at radius 1 is 1.00 bits per heavy atom. The van der Waals surface area contributed by atoms with Gasteiger partial charge in [-0.25, -0.2) is 4.79 Å². The van der Waals surface area contributed by atoms with Crippen molar-refractivity contribution in [3.05, 3.63) is 94.9 Å². The highest BCUT2D eigenvalue weighted by Crippen LogP contribution is 2.37. The minimum absolute atomic E-state index is 0.172. The summed E-state index contributed by atoms with van der Waals surface area (Å²) in [6, 6.07) is 14.6. The molecule has 2 heterocycles. The Morgan fingerprint density at radius 3 is 2.55 bits per heavy atom. The number of rotatable bonds is 9. The molecule has 0 unspecified atom stereocenters. The van der Waals surface area contributed by atoms with Crippen molar-refractivity contribution in [2.24, 2.45) is 0 Å². The van der Waals surface area contributed by atoms with Crippen LogP contribution >= 0.6 is 0 Å². The smallest absolute Gasteiger partial charge is 0.417 e. The molecule has 2 aromatic heterocycles. The van der Waals surface area contributed by atoms with Crippen LogP contribution in [-0.4, -0.2) is 38.9 Å². The molecular weight excluding hydrogens is 493 g/mol. The highest BCUT2D eigenvalue weighted by atomic mass is 19.4. The molecule has 6 nitrogen and oxygen atoms in total. The Balaban J connectivity index is 1.14.